The Balaban J connectivity index is 1.49. The van der Waals surface area contributed by atoms with E-state index in [-0.39, 0.29) is 25.4 Å². The molecular formula is C20H17ClFN3O3. The van der Waals surface area contributed by atoms with E-state index < -0.39 is 5.67 Å². The average molecular weight is 402 g/mol. The molecule has 28 heavy (non-hydrogen) atoms. The van der Waals surface area contributed by atoms with Crippen LogP contribution in [0.4, 0.5) is 4.39 Å². The SMILES string of the molecule is O=c1ccc(-c2ccc(OCC3(F)COC3)nc2)nn1Cc1ccc(Cl)cc1. The molecule has 0 unspecified atom stereocenters. The molecule has 0 spiro atoms. The quantitative estimate of drug-likeness (QED) is 0.635. The molecule has 1 fully saturated rings. The highest BCUT2D eigenvalue weighted by atomic mass is 35.5. The normalized spacial score (nSPS) is 15.1. The van der Waals surface area contributed by atoms with Gasteiger partial charge in [0.2, 0.25) is 5.88 Å². The number of rotatable bonds is 6. The highest BCUT2D eigenvalue weighted by Crippen LogP contribution is 2.23. The van der Waals surface area contributed by atoms with Crippen LogP contribution in [0.5, 0.6) is 5.88 Å². The van der Waals surface area contributed by atoms with Crippen molar-refractivity contribution in [3.05, 3.63) is 75.7 Å². The molecule has 0 atom stereocenters. The number of hydrogen-bond acceptors (Lipinski definition) is 5. The van der Waals surface area contributed by atoms with Gasteiger partial charge in [-0.1, -0.05) is 23.7 Å². The summed E-state index contributed by atoms with van der Waals surface area (Å²) in [5.74, 6) is 0.321. The largest absolute Gasteiger partial charge is 0.474 e. The summed E-state index contributed by atoms with van der Waals surface area (Å²) in [5, 5.41) is 5.05. The third-order valence-electron chi connectivity index (χ3n) is 4.34. The smallest absolute Gasteiger partial charge is 0.267 e. The van der Waals surface area contributed by atoms with E-state index in [0.29, 0.717) is 23.1 Å². The Labute approximate surface area is 165 Å². The number of nitrogens with zero attached hydrogens (tertiary/aromatic N) is 3. The van der Waals surface area contributed by atoms with Gasteiger partial charge in [-0.3, -0.25) is 4.79 Å². The van der Waals surface area contributed by atoms with E-state index in [9.17, 15) is 9.18 Å². The number of hydrogen-bond donors (Lipinski definition) is 0. The number of benzene rings is 1. The predicted octanol–water partition coefficient (Wildman–Crippen LogP) is 3.12. The minimum atomic E-state index is -1.43. The second kappa shape index (κ2) is 7.69. The second-order valence-electron chi connectivity index (χ2n) is 6.66. The van der Waals surface area contributed by atoms with Gasteiger partial charge >= 0.3 is 0 Å². The maximum Gasteiger partial charge on any atom is 0.267 e. The summed E-state index contributed by atoms with van der Waals surface area (Å²) < 4.78 is 25.5. The Hall–Kier alpha value is -2.77. The molecule has 0 amide bonds. The van der Waals surface area contributed by atoms with Gasteiger partial charge in [0.25, 0.3) is 5.56 Å². The Morgan fingerprint density at radius 2 is 1.93 bits per heavy atom. The van der Waals surface area contributed by atoms with Crippen LogP contribution >= 0.6 is 11.6 Å². The fourth-order valence-corrected chi connectivity index (χ4v) is 2.83. The van der Waals surface area contributed by atoms with Crippen LogP contribution in [0.3, 0.4) is 0 Å². The maximum absolute atomic E-state index is 13.9. The lowest BCUT2D eigenvalue weighted by Gasteiger charge is -2.32. The number of halogens is 2. The molecule has 3 heterocycles. The first-order valence-electron chi connectivity index (χ1n) is 8.69. The molecule has 3 aromatic rings. The van der Waals surface area contributed by atoms with Gasteiger partial charge in [-0.15, -0.1) is 0 Å². The van der Waals surface area contributed by atoms with Crippen molar-refractivity contribution in [2.45, 2.75) is 12.2 Å². The lowest BCUT2D eigenvalue weighted by molar-refractivity contribution is -0.146. The lowest BCUT2D eigenvalue weighted by Crippen LogP contribution is -2.50. The predicted molar refractivity (Wildman–Crippen MR) is 102 cm³/mol. The van der Waals surface area contributed by atoms with Crippen molar-refractivity contribution in [1.29, 1.82) is 0 Å². The topological polar surface area (TPSA) is 66.2 Å². The Bertz CT molecular complexity index is 1020. The van der Waals surface area contributed by atoms with Crippen molar-refractivity contribution < 1.29 is 13.9 Å². The fourth-order valence-electron chi connectivity index (χ4n) is 2.71. The summed E-state index contributed by atoms with van der Waals surface area (Å²) in [7, 11) is 0. The second-order valence-corrected chi connectivity index (χ2v) is 7.09. The van der Waals surface area contributed by atoms with Crippen LogP contribution in [-0.2, 0) is 11.3 Å². The number of ether oxygens (including phenoxy) is 2. The van der Waals surface area contributed by atoms with Gasteiger partial charge in [0.15, 0.2) is 5.67 Å². The lowest BCUT2D eigenvalue weighted by atomic mass is 10.1. The molecule has 0 saturated carbocycles. The van der Waals surface area contributed by atoms with E-state index in [2.05, 4.69) is 10.1 Å². The fraction of sp³-hybridized carbons (Fsp3) is 0.250. The Morgan fingerprint density at radius 3 is 2.57 bits per heavy atom. The number of alkyl halides is 1. The summed E-state index contributed by atoms with van der Waals surface area (Å²) in [4.78, 5) is 16.3. The molecule has 4 rings (SSSR count). The highest BCUT2D eigenvalue weighted by molar-refractivity contribution is 6.30. The maximum atomic E-state index is 13.9. The third-order valence-corrected chi connectivity index (χ3v) is 4.60. The molecule has 6 nitrogen and oxygen atoms in total. The molecule has 0 aliphatic carbocycles. The molecule has 1 aromatic carbocycles. The van der Waals surface area contributed by atoms with Gasteiger partial charge in [-0.05, 0) is 29.8 Å². The molecular weight excluding hydrogens is 385 g/mol. The first-order chi connectivity index (χ1) is 13.5. The van der Waals surface area contributed by atoms with Gasteiger partial charge in [0, 0.05) is 28.9 Å². The highest BCUT2D eigenvalue weighted by Gasteiger charge is 2.39. The van der Waals surface area contributed by atoms with Crippen LogP contribution in [0.25, 0.3) is 11.3 Å². The van der Waals surface area contributed by atoms with Gasteiger partial charge in [-0.25, -0.2) is 14.1 Å². The zero-order valence-electron chi connectivity index (χ0n) is 14.8. The average Bonchev–Trinajstić information content (AvgIpc) is 2.69. The van der Waals surface area contributed by atoms with Gasteiger partial charge in [-0.2, -0.15) is 5.10 Å². The molecule has 2 aromatic heterocycles. The van der Waals surface area contributed by atoms with Crippen LogP contribution in [0, 0.1) is 0 Å². The van der Waals surface area contributed by atoms with Crippen molar-refractivity contribution in [2.75, 3.05) is 19.8 Å². The van der Waals surface area contributed by atoms with Crippen molar-refractivity contribution >= 4 is 11.6 Å². The Morgan fingerprint density at radius 1 is 1.14 bits per heavy atom. The minimum Gasteiger partial charge on any atom is -0.474 e. The van der Waals surface area contributed by atoms with Crippen LogP contribution < -0.4 is 10.3 Å². The number of pyridine rings is 1. The van der Waals surface area contributed by atoms with Gasteiger partial charge in [0.1, 0.15) is 6.61 Å². The van der Waals surface area contributed by atoms with E-state index in [1.54, 1.807) is 36.5 Å². The summed E-state index contributed by atoms with van der Waals surface area (Å²) in [5.41, 5.74) is 0.598. The third kappa shape index (κ3) is 4.21. The van der Waals surface area contributed by atoms with Crippen molar-refractivity contribution in [3.63, 3.8) is 0 Å². The van der Waals surface area contributed by atoms with Crippen LogP contribution in [0.1, 0.15) is 5.56 Å². The monoisotopic (exact) mass is 401 g/mol. The molecule has 0 bridgehead atoms. The summed E-state index contributed by atoms with van der Waals surface area (Å²) in [6, 6.07) is 13.8. The van der Waals surface area contributed by atoms with Gasteiger partial charge in [0.05, 0.1) is 25.5 Å². The van der Waals surface area contributed by atoms with Crippen molar-refractivity contribution in [2.24, 2.45) is 0 Å². The molecule has 144 valence electrons. The van der Waals surface area contributed by atoms with Crippen molar-refractivity contribution in [1.82, 2.24) is 14.8 Å². The first kappa shape index (κ1) is 18.6. The minimum absolute atomic E-state index is 0.0458. The van der Waals surface area contributed by atoms with E-state index in [1.807, 2.05) is 12.1 Å². The summed E-state index contributed by atoms with van der Waals surface area (Å²) in [6.07, 6.45) is 1.58. The van der Waals surface area contributed by atoms with E-state index >= 15 is 0 Å². The molecule has 0 radical (unpaired) electrons. The zero-order valence-corrected chi connectivity index (χ0v) is 15.6. The van der Waals surface area contributed by atoms with E-state index in [1.165, 1.54) is 10.7 Å². The zero-order chi connectivity index (χ0) is 19.6. The number of aromatic nitrogens is 3. The van der Waals surface area contributed by atoms with Gasteiger partial charge < -0.3 is 9.47 Å². The molecule has 1 aliphatic heterocycles. The van der Waals surface area contributed by atoms with Crippen LogP contribution in [-0.4, -0.2) is 40.3 Å². The van der Waals surface area contributed by atoms with Crippen LogP contribution in [0.2, 0.25) is 5.02 Å². The molecule has 0 N–H and O–H groups in total. The first-order valence-corrected chi connectivity index (χ1v) is 9.07. The van der Waals surface area contributed by atoms with E-state index in [0.717, 1.165) is 11.1 Å². The Kier molecular flexibility index (Phi) is 5.11. The summed E-state index contributed by atoms with van der Waals surface area (Å²) >= 11 is 5.89. The van der Waals surface area contributed by atoms with Crippen molar-refractivity contribution in [3.8, 4) is 17.1 Å². The molecule has 1 aliphatic rings. The van der Waals surface area contributed by atoms with E-state index in [4.69, 9.17) is 21.1 Å². The standard InChI is InChI=1S/C20H17ClFN3O3/c21-16-4-1-14(2-5-16)10-25-19(26)8-6-17(24-25)15-3-7-18(23-9-15)28-13-20(22)11-27-12-20/h1-9H,10-13H2. The molecule has 8 heteroatoms. The summed E-state index contributed by atoms with van der Waals surface area (Å²) in [6.45, 7) is 0.330. The van der Waals surface area contributed by atoms with Crippen LogP contribution in [0.15, 0.2) is 59.5 Å². The molecule has 1 saturated heterocycles.